The number of carbonyl (C=O) groups excluding carboxylic acids is 1. The van der Waals surface area contributed by atoms with E-state index in [4.69, 9.17) is 0 Å². The fourth-order valence-corrected chi connectivity index (χ4v) is 3.98. The molecule has 1 heterocycles. The molecule has 3 rings (SSSR count). The molecule has 9 heteroatoms. The minimum absolute atomic E-state index is 0.204. The molecular weight excluding hydrogens is 400 g/mol. The Kier molecular flexibility index (Phi) is 6.49. The van der Waals surface area contributed by atoms with Gasteiger partial charge in [-0.1, -0.05) is 30.3 Å². The number of rotatable bonds is 6. The van der Waals surface area contributed by atoms with E-state index in [1.54, 1.807) is 29.2 Å². The van der Waals surface area contributed by atoms with Gasteiger partial charge in [0.1, 0.15) is 11.6 Å². The molecule has 1 saturated heterocycles. The monoisotopic (exact) mass is 423 g/mol. The van der Waals surface area contributed by atoms with Crippen molar-refractivity contribution in [2.45, 2.75) is 6.54 Å². The Hall–Kier alpha value is -2.52. The van der Waals surface area contributed by atoms with Crippen LogP contribution in [0.15, 0.2) is 48.5 Å². The molecule has 1 fully saturated rings. The molecule has 0 spiro atoms. The molecule has 0 atom stereocenters. The van der Waals surface area contributed by atoms with Crippen molar-refractivity contribution in [1.82, 2.24) is 9.21 Å². The summed E-state index contributed by atoms with van der Waals surface area (Å²) < 4.78 is 53.1. The van der Waals surface area contributed by atoms with E-state index in [1.165, 1.54) is 24.3 Å². The first kappa shape index (κ1) is 21.2. The topological polar surface area (TPSA) is 60.9 Å². The molecule has 0 radical (unpaired) electrons. The maximum atomic E-state index is 13.9. The lowest BCUT2D eigenvalue weighted by Crippen LogP contribution is -2.51. The van der Waals surface area contributed by atoms with Crippen LogP contribution in [0.2, 0.25) is 0 Å². The minimum Gasteiger partial charge on any atom is -0.366 e. The van der Waals surface area contributed by atoms with Gasteiger partial charge < -0.3 is 9.80 Å². The number of anilines is 1. The molecule has 0 aromatic heterocycles. The Morgan fingerprint density at radius 3 is 2.14 bits per heavy atom. The van der Waals surface area contributed by atoms with Crippen molar-refractivity contribution in [2.24, 2.45) is 0 Å². The molecule has 1 aliphatic heterocycles. The molecule has 0 unspecified atom stereocenters. The van der Waals surface area contributed by atoms with Crippen LogP contribution in [0, 0.1) is 11.6 Å². The van der Waals surface area contributed by atoms with Crippen LogP contribution in [0.1, 0.15) is 5.56 Å². The number of sulfonamides is 1. The predicted molar refractivity (Wildman–Crippen MR) is 107 cm³/mol. The van der Waals surface area contributed by atoms with Gasteiger partial charge in [-0.05, 0) is 18.2 Å². The minimum atomic E-state index is -3.71. The van der Waals surface area contributed by atoms with Crippen LogP contribution in [0.4, 0.5) is 14.5 Å². The second-order valence-corrected chi connectivity index (χ2v) is 8.92. The maximum absolute atomic E-state index is 13.9. The van der Waals surface area contributed by atoms with Crippen LogP contribution < -0.4 is 4.90 Å². The molecule has 0 aliphatic carbocycles. The van der Waals surface area contributed by atoms with Gasteiger partial charge in [-0.3, -0.25) is 4.79 Å². The van der Waals surface area contributed by atoms with E-state index < -0.39 is 15.8 Å². The molecule has 2 aromatic rings. The van der Waals surface area contributed by atoms with E-state index in [0.717, 1.165) is 10.6 Å². The summed E-state index contributed by atoms with van der Waals surface area (Å²) in [6, 6.07) is 12.3. The Labute approximate surface area is 169 Å². The number of amides is 1. The van der Waals surface area contributed by atoms with E-state index >= 15 is 0 Å². The fraction of sp³-hybridized carbons (Fsp3) is 0.350. The van der Waals surface area contributed by atoms with Crippen molar-refractivity contribution in [3.63, 3.8) is 0 Å². The number of para-hydroxylation sites is 1. The summed E-state index contributed by atoms with van der Waals surface area (Å²) in [4.78, 5) is 16.1. The quantitative estimate of drug-likeness (QED) is 0.714. The number of piperazine rings is 1. The predicted octanol–water partition coefficient (Wildman–Crippen LogP) is 2.08. The maximum Gasteiger partial charge on any atom is 0.238 e. The van der Waals surface area contributed by atoms with Crippen molar-refractivity contribution in [3.8, 4) is 0 Å². The molecule has 0 bridgehead atoms. The average molecular weight is 423 g/mol. The number of nitrogens with zero attached hydrogens (tertiary/aromatic N) is 3. The third-order valence-corrected chi connectivity index (χ3v) is 6.11. The van der Waals surface area contributed by atoms with Gasteiger partial charge in [-0.15, -0.1) is 0 Å². The van der Waals surface area contributed by atoms with Crippen LogP contribution in [0.3, 0.4) is 0 Å². The van der Waals surface area contributed by atoms with Crippen molar-refractivity contribution < 1.29 is 22.0 Å². The van der Waals surface area contributed by atoms with Gasteiger partial charge in [0.15, 0.2) is 0 Å². The number of hydrogen-bond donors (Lipinski definition) is 0. The zero-order chi connectivity index (χ0) is 21.0. The molecule has 0 N–H and O–H groups in total. The lowest BCUT2D eigenvalue weighted by Gasteiger charge is -2.37. The normalized spacial score (nSPS) is 15.0. The molecular formula is C20H23F2N3O3S. The number of benzene rings is 2. The summed E-state index contributed by atoms with van der Waals surface area (Å²) in [5.74, 6) is -1.20. The van der Waals surface area contributed by atoms with Gasteiger partial charge in [0.2, 0.25) is 15.9 Å². The standard InChI is InChI=1S/C20H23F2N3O3S/c1-29(27,28)25(14-16-6-2-3-7-17(16)21)15-20(26)24-12-10-23(11-13-24)19-9-5-4-8-18(19)22/h2-9H,10-15H2,1H3. The van der Waals surface area contributed by atoms with E-state index in [-0.39, 0.29) is 30.4 Å². The Morgan fingerprint density at radius 2 is 1.55 bits per heavy atom. The Balaban J connectivity index is 1.64. The Morgan fingerprint density at radius 1 is 0.966 bits per heavy atom. The third kappa shape index (κ3) is 5.30. The van der Waals surface area contributed by atoms with Gasteiger partial charge in [0.25, 0.3) is 0 Å². The zero-order valence-corrected chi connectivity index (χ0v) is 16.9. The summed E-state index contributed by atoms with van der Waals surface area (Å²) in [5, 5.41) is 0. The van der Waals surface area contributed by atoms with Crippen LogP contribution in [0.25, 0.3) is 0 Å². The van der Waals surface area contributed by atoms with Crippen LogP contribution in [0.5, 0.6) is 0 Å². The van der Waals surface area contributed by atoms with E-state index in [9.17, 15) is 22.0 Å². The highest BCUT2D eigenvalue weighted by molar-refractivity contribution is 7.88. The lowest BCUT2D eigenvalue weighted by atomic mass is 10.2. The molecule has 6 nitrogen and oxygen atoms in total. The molecule has 1 amide bonds. The van der Waals surface area contributed by atoms with Crippen LogP contribution in [-0.2, 0) is 21.4 Å². The third-order valence-electron chi connectivity index (χ3n) is 4.91. The van der Waals surface area contributed by atoms with Crippen molar-refractivity contribution in [2.75, 3.05) is 43.9 Å². The molecule has 29 heavy (non-hydrogen) atoms. The van der Waals surface area contributed by atoms with Gasteiger partial charge in [-0.25, -0.2) is 17.2 Å². The molecule has 1 aliphatic rings. The van der Waals surface area contributed by atoms with Gasteiger partial charge >= 0.3 is 0 Å². The first-order chi connectivity index (χ1) is 13.8. The average Bonchev–Trinajstić information content (AvgIpc) is 2.69. The summed E-state index contributed by atoms with van der Waals surface area (Å²) >= 11 is 0. The van der Waals surface area contributed by atoms with E-state index in [2.05, 4.69) is 0 Å². The number of hydrogen-bond acceptors (Lipinski definition) is 4. The molecule has 0 saturated carbocycles. The van der Waals surface area contributed by atoms with Crippen molar-refractivity contribution >= 4 is 21.6 Å². The molecule has 2 aromatic carbocycles. The zero-order valence-electron chi connectivity index (χ0n) is 16.1. The van der Waals surface area contributed by atoms with Crippen LogP contribution >= 0.6 is 0 Å². The summed E-state index contributed by atoms with van der Waals surface area (Å²) in [6.07, 6.45) is 0.997. The smallest absolute Gasteiger partial charge is 0.238 e. The summed E-state index contributed by atoms with van der Waals surface area (Å²) in [7, 11) is -3.71. The Bertz CT molecular complexity index is 976. The second-order valence-electron chi connectivity index (χ2n) is 6.94. The lowest BCUT2D eigenvalue weighted by molar-refractivity contribution is -0.131. The summed E-state index contributed by atoms with van der Waals surface area (Å²) in [5.41, 5.74) is 0.687. The first-order valence-corrected chi connectivity index (χ1v) is 11.1. The van der Waals surface area contributed by atoms with E-state index in [1.807, 2.05) is 4.90 Å². The first-order valence-electron chi connectivity index (χ1n) is 9.21. The number of halogens is 2. The van der Waals surface area contributed by atoms with Gasteiger partial charge in [0.05, 0.1) is 18.5 Å². The molecule has 156 valence electrons. The SMILES string of the molecule is CS(=O)(=O)N(CC(=O)N1CCN(c2ccccc2F)CC1)Cc1ccccc1F. The summed E-state index contributed by atoms with van der Waals surface area (Å²) in [6.45, 7) is 1.01. The van der Waals surface area contributed by atoms with Gasteiger partial charge in [-0.2, -0.15) is 4.31 Å². The van der Waals surface area contributed by atoms with Gasteiger partial charge in [0, 0.05) is 38.3 Å². The van der Waals surface area contributed by atoms with Crippen molar-refractivity contribution in [3.05, 3.63) is 65.7 Å². The van der Waals surface area contributed by atoms with E-state index in [0.29, 0.717) is 31.9 Å². The highest BCUT2D eigenvalue weighted by atomic mass is 32.2. The highest BCUT2D eigenvalue weighted by Gasteiger charge is 2.27. The number of carbonyl (C=O) groups is 1. The highest BCUT2D eigenvalue weighted by Crippen LogP contribution is 2.20. The largest absolute Gasteiger partial charge is 0.366 e. The second kappa shape index (κ2) is 8.87. The van der Waals surface area contributed by atoms with Crippen molar-refractivity contribution in [1.29, 1.82) is 0 Å². The fourth-order valence-electron chi connectivity index (χ4n) is 3.26. The van der Waals surface area contributed by atoms with Crippen LogP contribution in [-0.4, -0.2) is 62.5 Å².